The molecule has 3 fully saturated rings. The highest BCUT2D eigenvalue weighted by Gasteiger charge is 2.46. The second-order valence-electron chi connectivity index (χ2n) is 13.1. The quantitative estimate of drug-likeness (QED) is 0.261. The number of nitrogens with two attached hydrogens (primary N) is 1. The Morgan fingerprint density at radius 2 is 1.84 bits per heavy atom. The fraction of sp³-hybridized carbons (Fsp3) is 0.333. The van der Waals surface area contributed by atoms with Gasteiger partial charge >= 0.3 is 0 Å². The maximum atomic E-state index is 13.5. The molecule has 43 heavy (non-hydrogen) atoms. The number of aryl methyl sites for hydroxylation is 1. The number of nitrogens with one attached hydrogen (secondary N) is 1. The van der Waals surface area contributed by atoms with E-state index in [0.717, 1.165) is 81.6 Å². The van der Waals surface area contributed by atoms with Crippen LogP contribution in [0.25, 0.3) is 44.5 Å². The van der Waals surface area contributed by atoms with E-state index in [1.54, 1.807) is 0 Å². The molecule has 7 nitrogen and oxygen atoms in total. The van der Waals surface area contributed by atoms with Crippen LogP contribution >= 0.6 is 0 Å². The molecular weight excluding hydrogens is 536 g/mol. The first-order valence-electron chi connectivity index (χ1n) is 15.6. The van der Waals surface area contributed by atoms with Crippen LogP contribution in [0.5, 0.6) is 0 Å². The van der Waals surface area contributed by atoms with Crippen LogP contribution in [-0.4, -0.2) is 39.9 Å². The predicted octanol–water partition coefficient (Wildman–Crippen LogP) is 6.25. The predicted molar refractivity (Wildman–Crippen MR) is 167 cm³/mol. The summed E-state index contributed by atoms with van der Waals surface area (Å²) in [5.74, 6) is 2.00. The van der Waals surface area contributed by atoms with Gasteiger partial charge in [-0.05, 0) is 91.5 Å². The molecule has 4 aliphatic rings. The molecule has 3 N–H and O–H groups in total. The van der Waals surface area contributed by atoms with Gasteiger partial charge in [0.1, 0.15) is 5.58 Å². The average Bonchev–Trinajstić information content (AvgIpc) is 3.23. The number of hydrogen-bond acceptors (Lipinski definition) is 4. The van der Waals surface area contributed by atoms with E-state index in [9.17, 15) is 9.59 Å². The van der Waals surface area contributed by atoms with Gasteiger partial charge in [-0.15, -0.1) is 0 Å². The number of aromatic nitrogens is 1. The van der Waals surface area contributed by atoms with E-state index in [1.165, 1.54) is 18.4 Å². The molecule has 7 heteroatoms. The van der Waals surface area contributed by atoms with Gasteiger partial charge in [0.05, 0.1) is 5.69 Å². The number of carbonyl (C=O) groups is 2. The van der Waals surface area contributed by atoms with E-state index in [0.29, 0.717) is 23.9 Å². The van der Waals surface area contributed by atoms with Gasteiger partial charge in [0, 0.05) is 64.7 Å². The van der Waals surface area contributed by atoms with Crippen molar-refractivity contribution in [3.8, 4) is 22.6 Å². The number of nitrogens with zero attached hydrogens (tertiary/aromatic N) is 2. The van der Waals surface area contributed by atoms with E-state index in [1.807, 2.05) is 29.2 Å². The first-order chi connectivity index (χ1) is 20.9. The molecule has 1 saturated heterocycles. The summed E-state index contributed by atoms with van der Waals surface area (Å²) in [5.41, 5.74) is 15.1. The fourth-order valence-corrected chi connectivity index (χ4v) is 7.82. The van der Waals surface area contributed by atoms with Crippen molar-refractivity contribution in [3.63, 3.8) is 0 Å². The van der Waals surface area contributed by atoms with Crippen LogP contribution in [0.1, 0.15) is 57.5 Å². The fourth-order valence-electron chi connectivity index (χ4n) is 7.82. The first kappa shape index (κ1) is 25.2. The van der Waals surface area contributed by atoms with Crippen molar-refractivity contribution in [2.24, 2.45) is 17.6 Å². The molecule has 3 aromatic carbocycles. The summed E-state index contributed by atoms with van der Waals surface area (Å²) in [7, 11) is 0. The molecule has 4 heterocycles. The molecule has 9 rings (SSSR count). The van der Waals surface area contributed by atoms with Crippen molar-refractivity contribution in [1.82, 2.24) is 14.8 Å². The third-order valence-corrected chi connectivity index (χ3v) is 10.5. The Morgan fingerprint density at radius 1 is 1.00 bits per heavy atom. The first-order valence-corrected chi connectivity index (χ1v) is 15.6. The Balaban J connectivity index is 1.12. The van der Waals surface area contributed by atoms with E-state index >= 15 is 0 Å². The molecule has 2 amide bonds. The van der Waals surface area contributed by atoms with E-state index in [2.05, 4.69) is 53.2 Å². The van der Waals surface area contributed by atoms with E-state index < -0.39 is 0 Å². The number of likely N-dealkylation sites (tertiary alicyclic amines) is 1. The van der Waals surface area contributed by atoms with Crippen molar-refractivity contribution < 1.29 is 14.0 Å². The minimum absolute atomic E-state index is 0.00113. The Morgan fingerprint density at radius 3 is 2.63 bits per heavy atom. The summed E-state index contributed by atoms with van der Waals surface area (Å²) < 4.78 is 9.02. The van der Waals surface area contributed by atoms with Gasteiger partial charge in [0.2, 0.25) is 0 Å². The Labute approximate surface area is 249 Å². The minimum atomic E-state index is -0.00113. The normalized spacial score (nSPS) is 22.6. The minimum Gasteiger partial charge on any atom is -0.454 e. The lowest BCUT2D eigenvalue weighted by molar-refractivity contribution is 0.0700. The smallest absolute Gasteiger partial charge is 0.254 e. The number of fused-ring (bicyclic) bond motifs is 5. The molecule has 216 valence electrons. The maximum absolute atomic E-state index is 13.5. The molecule has 2 bridgehead atoms. The summed E-state index contributed by atoms with van der Waals surface area (Å²) >= 11 is 0. The number of hydrogen-bond donors (Lipinski definition) is 2. The zero-order valence-corrected chi connectivity index (χ0v) is 24.2. The van der Waals surface area contributed by atoms with Gasteiger partial charge in [0.25, 0.3) is 11.8 Å². The molecule has 3 atom stereocenters. The molecule has 5 aromatic rings. The summed E-state index contributed by atoms with van der Waals surface area (Å²) in [5, 5.41) is 5.12. The number of amides is 2. The van der Waals surface area contributed by atoms with Crippen molar-refractivity contribution in [2.45, 2.75) is 57.8 Å². The number of piperidine rings is 1. The number of rotatable bonds is 5. The molecule has 2 unspecified atom stereocenters. The summed E-state index contributed by atoms with van der Waals surface area (Å²) in [6.07, 6.45) is 4.60. The third kappa shape index (κ3) is 3.84. The number of furan rings is 1. The molecule has 0 radical (unpaired) electrons. The van der Waals surface area contributed by atoms with Crippen molar-refractivity contribution in [1.29, 1.82) is 0 Å². The molecule has 2 aliphatic heterocycles. The Hall–Kier alpha value is -4.36. The monoisotopic (exact) mass is 570 g/mol. The Bertz CT molecular complexity index is 2000. The van der Waals surface area contributed by atoms with Gasteiger partial charge in [-0.25, -0.2) is 0 Å². The van der Waals surface area contributed by atoms with Crippen molar-refractivity contribution in [2.75, 3.05) is 6.54 Å². The molecule has 0 spiro atoms. The van der Waals surface area contributed by atoms with Crippen molar-refractivity contribution >= 4 is 33.7 Å². The van der Waals surface area contributed by atoms with Crippen molar-refractivity contribution in [3.05, 3.63) is 82.9 Å². The lowest BCUT2D eigenvalue weighted by Gasteiger charge is -2.27. The standard InChI is InChI=1S/C36H34N4O3/c1-19-27-10-8-24(36(42)40-18-26-9-11-29(40)33(26)37)15-32(27)43-34(19)31-14-23-6-4-22(13-30(23)39(31)17-20-2-3-20)21-5-7-25-16-38-35(41)28(25)12-21/h4-8,10,12-15,20,26,29,33H,2-3,9,11,16-18,37H2,1H3,(H,38,41)/t26?,29?,33-/m1/s1. The average molecular weight is 571 g/mol. The highest BCUT2D eigenvalue weighted by atomic mass is 16.3. The SMILES string of the molecule is Cc1c(-c2cc3ccc(-c4ccc5c(c4)C(=O)NC5)cc3n2CC2CC2)oc2cc(C(=O)N3CC4CCC3[C@@H]4N)ccc12. The highest BCUT2D eigenvalue weighted by Crippen LogP contribution is 2.42. The van der Waals surface area contributed by atoms with E-state index in [-0.39, 0.29) is 23.9 Å². The van der Waals surface area contributed by atoms with Gasteiger partial charge in [0.15, 0.2) is 5.76 Å². The van der Waals surface area contributed by atoms with Crippen LogP contribution in [0.4, 0.5) is 0 Å². The number of carbonyl (C=O) groups excluding carboxylic acids is 2. The van der Waals surface area contributed by atoms with Crippen LogP contribution in [0.15, 0.2) is 65.1 Å². The molecular formula is C36H34N4O3. The summed E-state index contributed by atoms with van der Waals surface area (Å²) in [4.78, 5) is 27.8. The third-order valence-electron chi connectivity index (χ3n) is 10.5. The topological polar surface area (TPSA) is 93.5 Å². The zero-order valence-electron chi connectivity index (χ0n) is 24.2. The van der Waals surface area contributed by atoms with Gasteiger partial charge in [-0.2, -0.15) is 0 Å². The van der Waals surface area contributed by atoms with Crippen LogP contribution in [0.3, 0.4) is 0 Å². The van der Waals surface area contributed by atoms with Crippen LogP contribution in [-0.2, 0) is 13.1 Å². The summed E-state index contributed by atoms with van der Waals surface area (Å²) in [6.45, 7) is 4.40. The zero-order chi connectivity index (χ0) is 29.0. The summed E-state index contributed by atoms with van der Waals surface area (Å²) in [6, 6.07) is 21.1. The van der Waals surface area contributed by atoms with Crippen LogP contribution in [0.2, 0.25) is 0 Å². The van der Waals surface area contributed by atoms with Gasteiger partial charge < -0.3 is 24.9 Å². The van der Waals surface area contributed by atoms with Crippen LogP contribution < -0.4 is 11.1 Å². The van der Waals surface area contributed by atoms with Crippen LogP contribution in [0, 0.1) is 18.8 Å². The number of benzene rings is 3. The lowest BCUT2D eigenvalue weighted by atomic mass is 9.99. The Kier molecular flexibility index (Phi) is 5.31. The highest BCUT2D eigenvalue weighted by molar-refractivity contribution is 6.01. The van der Waals surface area contributed by atoms with Gasteiger partial charge in [-0.1, -0.05) is 30.3 Å². The largest absolute Gasteiger partial charge is 0.454 e. The molecule has 2 aliphatic carbocycles. The second-order valence-corrected chi connectivity index (χ2v) is 13.1. The van der Waals surface area contributed by atoms with E-state index in [4.69, 9.17) is 10.2 Å². The molecule has 2 saturated carbocycles. The lowest BCUT2D eigenvalue weighted by Crippen LogP contribution is -2.41. The second kappa shape index (κ2) is 9.07. The maximum Gasteiger partial charge on any atom is 0.254 e. The molecule has 2 aromatic heterocycles. The van der Waals surface area contributed by atoms with Gasteiger partial charge in [-0.3, -0.25) is 9.59 Å².